The predicted octanol–water partition coefficient (Wildman–Crippen LogP) is 2.46. The smallest absolute Gasteiger partial charge is 0.275 e. The fraction of sp³-hybridized carbons (Fsp3) is 0.154. The third-order valence-electron chi connectivity index (χ3n) is 2.61. The molecule has 0 unspecified atom stereocenters. The molecule has 2 aromatic heterocycles. The summed E-state index contributed by atoms with van der Waals surface area (Å²) in [6.45, 7) is 1.80. The number of thioether (sulfide) groups is 1. The molecule has 0 aliphatic heterocycles. The monoisotopic (exact) mass is 305 g/mol. The minimum absolute atomic E-state index is 0.148. The zero-order chi connectivity index (χ0) is 14.1. The minimum Gasteiger partial charge on any atom is -0.508 e. The van der Waals surface area contributed by atoms with E-state index in [0.717, 1.165) is 9.90 Å². The Balaban J connectivity index is 1.83. The summed E-state index contributed by atoms with van der Waals surface area (Å²) < 4.78 is 1.34. The Morgan fingerprint density at radius 1 is 1.35 bits per heavy atom. The van der Waals surface area contributed by atoms with E-state index in [1.165, 1.54) is 21.9 Å². The van der Waals surface area contributed by atoms with E-state index < -0.39 is 0 Å². The van der Waals surface area contributed by atoms with Gasteiger partial charge in [0.2, 0.25) is 4.96 Å². The maximum Gasteiger partial charge on any atom is 0.275 e. The van der Waals surface area contributed by atoms with Crippen molar-refractivity contribution in [3.05, 3.63) is 51.4 Å². The summed E-state index contributed by atoms with van der Waals surface area (Å²) in [6, 6.07) is 8.47. The molecule has 0 fully saturated rings. The maximum atomic E-state index is 11.8. The van der Waals surface area contributed by atoms with E-state index in [1.807, 2.05) is 12.1 Å². The molecule has 1 aromatic carbocycles. The molecule has 0 aliphatic rings. The topological polar surface area (TPSA) is 67.5 Å². The number of hydrogen-bond donors (Lipinski definition) is 1. The van der Waals surface area contributed by atoms with E-state index in [9.17, 15) is 9.90 Å². The van der Waals surface area contributed by atoms with Gasteiger partial charge in [-0.15, -0.1) is 11.8 Å². The number of hydrogen-bond acceptors (Lipinski definition) is 6. The van der Waals surface area contributed by atoms with Gasteiger partial charge < -0.3 is 5.11 Å². The second kappa shape index (κ2) is 5.26. The van der Waals surface area contributed by atoms with Crippen LogP contribution in [0.1, 0.15) is 10.7 Å². The number of aromatic nitrogens is 3. The largest absolute Gasteiger partial charge is 0.508 e. The summed E-state index contributed by atoms with van der Waals surface area (Å²) in [7, 11) is 0. The van der Waals surface area contributed by atoms with Crippen molar-refractivity contribution in [1.82, 2.24) is 14.6 Å². The van der Waals surface area contributed by atoms with Gasteiger partial charge in [-0.05, 0) is 31.2 Å². The van der Waals surface area contributed by atoms with E-state index in [4.69, 9.17) is 0 Å². The molecule has 0 amide bonds. The number of fused-ring (bicyclic) bond motifs is 1. The summed E-state index contributed by atoms with van der Waals surface area (Å²) in [4.78, 5) is 17.7. The summed E-state index contributed by atoms with van der Waals surface area (Å²) >= 11 is 3.02. The quantitative estimate of drug-likeness (QED) is 0.753. The summed E-state index contributed by atoms with van der Waals surface area (Å²) in [5.74, 6) is 0.915. The van der Waals surface area contributed by atoms with Crippen LogP contribution in [0.25, 0.3) is 4.96 Å². The SMILES string of the molecule is Cc1cc(=O)n2nc(CSc3ccc(O)cc3)sc2n1. The molecular formula is C13H11N3O2S2. The van der Waals surface area contributed by atoms with Crippen LogP contribution in [0.2, 0.25) is 0 Å². The van der Waals surface area contributed by atoms with Crippen LogP contribution in [-0.4, -0.2) is 19.7 Å². The first-order chi connectivity index (χ1) is 9.61. The molecule has 0 spiro atoms. The highest BCUT2D eigenvalue weighted by Crippen LogP contribution is 2.26. The highest BCUT2D eigenvalue weighted by atomic mass is 32.2. The number of phenolic OH excluding ortho intramolecular Hbond substituents is 1. The Kier molecular flexibility index (Phi) is 3.45. The Labute approximate surface area is 122 Å². The third-order valence-corrected chi connectivity index (χ3v) is 4.73. The Bertz CT molecular complexity index is 809. The average Bonchev–Trinajstić information content (AvgIpc) is 2.81. The number of aromatic hydroxyl groups is 1. The van der Waals surface area contributed by atoms with Crippen LogP contribution < -0.4 is 5.56 Å². The van der Waals surface area contributed by atoms with Gasteiger partial charge in [0.05, 0.1) is 5.75 Å². The van der Waals surface area contributed by atoms with Crippen molar-refractivity contribution in [3.8, 4) is 5.75 Å². The molecule has 0 radical (unpaired) electrons. The predicted molar refractivity (Wildman–Crippen MR) is 79.5 cm³/mol. The van der Waals surface area contributed by atoms with Crippen LogP contribution in [0.5, 0.6) is 5.75 Å². The number of benzene rings is 1. The lowest BCUT2D eigenvalue weighted by Gasteiger charge is -1.98. The van der Waals surface area contributed by atoms with Gasteiger partial charge in [0.15, 0.2) is 0 Å². The molecule has 102 valence electrons. The molecular weight excluding hydrogens is 294 g/mol. The van der Waals surface area contributed by atoms with Gasteiger partial charge in [0.25, 0.3) is 5.56 Å². The molecule has 0 aliphatic carbocycles. The lowest BCUT2D eigenvalue weighted by atomic mass is 10.3. The summed E-state index contributed by atoms with van der Waals surface area (Å²) in [5.41, 5.74) is 0.557. The molecule has 1 N–H and O–H groups in total. The second-order valence-corrected chi connectivity index (χ2v) is 6.30. The van der Waals surface area contributed by atoms with Crippen LogP contribution in [0.4, 0.5) is 0 Å². The zero-order valence-corrected chi connectivity index (χ0v) is 12.2. The first kappa shape index (κ1) is 13.1. The van der Waals surface area contributed by atoms with Crippen molar-refractivity contribution in [2.45, 2.75) is 17.6 Å². The first-order valence-electron chi connectivity index (χ1n) is 5.90. The fourth-order valence-electron chi connectivity index (χ4n) is 1.71. The van der Waals surface area contributed by atoms with Crippen LogP contribution in [0.15, 0.2) is 40.0 Å². The van der Waals surface area contributed by atoms with Crippen LogP contribution >= 0.6 is 23.1 Å². The normalized spacial score (nSPS) is 11.1. The highest BCUT2D eigenvalue weighted by molar-refractivity contribution is 7.98. The third kappa shape index (κ3) is 2.68. The molecule has 3 aromatic rings. The van der Waals surface area contributed by atoms with E-state index in [2.05, 4.69) is 10.1 Å². The Morgan fingerprint density at radius 3 is 2.85 bits per heavy atom. The minimum atomic E-state index is -0.148. The standard InChI is InChI=1S/C13H11N3O2S2/c1-8-6-12(18)16-13(14-8)20-11(15-16)7-19-10-4-2-9(17)3-5-10/h2-6,17H,7H2,1H3. The van der Waals surface area contributed by atoms with Gasteiger partial charge in [0.1, 0.15) is 10.8 Å². The number of nitrogens with zero attached hydrogens (tertiary/aromatic N) is 3. The van der Waals surface area contributed by atoms with Gasteiger partial charge >= 0.3 is 0 Å². The van der Waals surface area contributed by atoms with E-state index in [-0.39, 0.29) is 11.3 Å². The van der Waals surface area contributed by atoms with Crippen LogP contribution in [0, 0.1) is 6.92 Å². The molecule has 0 bridgehead atoms. The van der Waals surface area contributed by atoms with Gasteiger partial charge in [-0.3, -0.25) is 4.79 Å². The fourth-order valence-corrected chi connectivity index (χ4v) is 3.53. The average molecular weight is 305 g/mol. The zero-order valence-electron chi connectivity index (χ0n) is 10.6. The highest BCUT2D eigenvalue weighted by Gasteiger charge is 2.08. The Hall–Kier alpha value is -1.86. The molecule has 0 saturated carbocycles. The van der Waals surface area contributed by atoms with E-state index >= 15 is 0 Å². The second-order valence-electron chi connectivity index (χ2n) is 4.21. The summed E-state index contributed by atoms with van der Waals surface area (Å²) in [6.07, 6.45) is 0. The number of rotatable bonds is 3. The van der Waals surface area contributed by atoms with Crippen LogP contribution in [-0.2, 0) is 5.75 Å². The molecule has 0 saturated heterocycles. The Morgan fingerprint density at radius 2 is 2.10 bits per heavy atom. The molecule has 7 heteroatoms. The maximum absolute atomic E-state index is 11.8. The van der Waals surface area contributed by atoms with Crippen molar-refractivity contribution >= 4 is 28.1 Å². The van der Waals surface area contributed by atoms with Crippen LogP contribution in [0.3, 0.4) is 0 Å². The molecule has 2 heterocycles. The van der Waals surface area contributed by atoms with Gasteiger partial charge in [-0.25, -0.2) is 4.98 Å². The van der Waals surface area contributed by atoms with Crippen molar-refractivity contribution in [1.29, 1.82) is 0 Å². The lowest BCUT2D eigenvalue weighted by molar-refractivity contribution is 0.475. The summed E-state index contributed by atoms with van der Waals surface area (Å²) in [5, 5.41) is 14.3. The van der Waals surface area contributed by atoms with E-state index in [0.29, 0.717) is 16.4 Å². The molecule has 20 heavy (non-hydrogen) atoms. The van der Waals surface area contributed by atoms with Gasteiger partial charge in [0, 0.05) is 16.7 Å². The molecule has 0 atom stereocenters. The molecule has 5 nitrogen and oxygen atoms in total. The molecule has 3 rings (SSSR count). The van der Waals surface area contributed by atoms with Crippen molar-refractivity contribution in [3.63, 3.8) is 0 Å². The van der Waals surface area contributed by atoms with Crippen molar-refractivity contribution in [2.24, 2.45) is 0 Å². The van der Waals surface area contributed by atoms with Crippen molar-refractivity contribution in [2.75, 3.05) is 0 Å². The van der Waals surface area contributed by atoms with Gasteiger partial charge in [-0.2, -0.15) is 9.61 Å². The first-order valence-corrected chi connectivity index (χ1v) is 7.70. The van der Waals surface area contributed by atoms with Gasteiger partial charge in [-0.1, -0.05) is 11.3 Å². The van der Waals surface area contributed by atoms with Crippen molar-refractivity contribution < 1.29 is 5.11 Å². The van der Waals surface area contributed by atoms with E-state index in [1.54, 1.807) is 30.8 Å². The lowest BCUT2D eigenvalue weighted by Crippen LogP contribution is -2.14. The number of phenols is 1. The number of aryl methyl sites for hydroxylation is 1.